The first kappa shape index (κ1) is 38.5. The molecule has 4 amide bonds. The van der Waals surface area contributed by atoms with Gasteiger partial charge in [-0.15, -0.1) is 0 Å². The number of imide groups is 2. The molecule has 0 bridgehead atoms. The van der Waals surface area contributed by atoms with Crippen LogP contribution in [-0.4, -0.2) is 66.2 Å². The molecule has 2 saturated heterocycles. The molecular formula is C38H40N4O8S2. The lowest BCUT2D eigenvalue weighted by atomic mass is 10.1. The first-order valence-electron chi connectivity index (χ1n) is 16.7. The standard InChI is InChI=1S/2C19H20N2O4S/c2*1-12(22)14-4-5-15(20-11-14)8-9-25-16-6-2-13(3-7-16)10-17-18(23)21-19(24)26-17/h2*2-7,11-12,17,22H,8-10H2,1H3,(H,21,23,24). The number of aliphatic hydroxyl groups excluding tert-OH is 2. The van der Waals surface area contributed by atoms with E-state index in [-0.39, 0.29) is 32.8 Å². The average Bonchev–Trinajstić information content (AvgIpc) is 3.63. The first-order chi connectivity index (χ1) is 25.0. The van der Waals surface area contributed by atoms with Crippen LogP contribution in [0.1, 0.15) is 59.7 Å². The third kappa shape index (κ3) is 11.6. The molecule has 272 valence electrons. The highest BCUT2D eigenvalue weighted by molar-refractivity contribution is 8.15. The molecule has 12 nitrogen and oxygen atoms in total. The Morgan fingerprint density at radius 2 is 1.00 bits per heavy atom. The zero-order valence-corrected chi connectivity index (χ0v) is 30.3. The minimum Gasteiger partial charge on any atom is -0.493 e. The van der Waals surface area contributed by atoms with Gasteiger partial charge in [-0.25, -0.2) is 0 Å². The monoisotopic (exact) mass is 744 g/mol. The maximum Gasteiger partial charge on any atom is 0.286 e. The smallest absolute Gasteiger partial charge is 0.286 e. The number of carbonyl (C=O) groups excluding carboxylic acids is 4. The van der Waals surface area contributed by atoms with Gasteiger partial charge in [0, 0.05) is 36.6 Å². The number of benzene rings is 2. The molecule has 2 fully saturated rings. The van der Waals surface area contributed by atoms with Crippen molar-refractivity contribution in [1.29, 1.82) is 0 Å². The molecule has 0 aliphatic carbocycles. The number of nitrogens with zero attached hydrogens (tertiary/aromatic N) is 2. The van der Waals surface area contributed by atoms with E-state index in [1.165, 1.54) is 0 Å². The number of ether oxygens (including phenoxy) is 2. The summed E-state index contributed by atoms with van der Waals surface area (Å²) in [5.74, 6) is 1.03. The lowest BCUT2D eigenvalue weighted by Gasteiger charge is -2.09. The van der Waals surface area contributed by atoms with Crippen molar-refractivity contribution in [3.05, 3.63) is 119 Å². The molecule has 4 unspecified atom stereocenters. The number of aliphatic hydroxyl groups is 2. The van der Waals surface area contributed by atoms with Gasteiger partial charge in [0.2, 0.25) is 11.8 Å². The Hall–Kier alpha value is -4.76. The van der Waals surface area contributed by atoms with E-state index in [0.29, 0.717) is 38.9 Å². The lowest BCUT2D eigenvalue weighted by Crippen LogP contribution is -2.25. The van der Waals surface area contributed by atoms with E-state index in [2.05, 4.69) is 20.6 Å². The largest absolute Gasteiger partial charge is 0.493 e. The summed E-state index contributed by atoms with van der Waals surface area (Å²) in [5.41, 5.74) is 5.35. The fraction of sp³-hybridized carbons (Fsp3) is 0.316. The van der Waals surface area contributed by atoms with E-state index in [4.69, 9.17) is 9.47 Å². The fourth-order valence-electron chi connectivity index (χ4n) is 5.14. The third-order valence-corrected chi connectivity index (χ3v) is 10.1. The number of thioether (sulfide) groups is 2. The van der Waals surface area contributed by atoms with E-state index < -0.39 is 12.2 Å². The van der Waals surface area contributed by atoms with Crippen LogP contribution in [0.4, 0.5) is 9.59 Å². The topological polar surface area (TPSA) is 177 Å². The molecule has 4 atom stereocenters. The molecule has 14 heteroatoms. The number of amides is 4. The van der Waals surface area contributed by atoms with Gasteiger partial charge < -0.3 is 19.7 Å². The number of hydrogen-bond donors (Lipinski definition) is 4. The maximum absolute atomic E-state index is 11.6. The number of pyridine rings is 2. The quantitative estimate of drug-likeness (QED) is 0.131. The van der Waals surface area contributed by atoms with E-state index in [0.717, 1.165) is 68.7 Å². The van der Waals surface area contributed by atoms with Crippen LogP contribution in [0, 0.1) is 0 Å². The number of hydrogen-bond acceptors (Lipinski definition) is 12. The normalized spacial score (nSPS) is 17.8. The number of carbonyl (C=O) groups is 4. The van der Waals surface area contributed by atoms with Crippen molar-refractivity contribution in [1.82, 2.24) is 20.6 Å². The summed E-state index contributed by atoms with van der Waals surface area (Å²) in [6, 6.07) is 22.6. The van der Waals surface area contributed by atoms with Crippen LogP contribution in [0.25, 0.3) is 0 Å². The molecule has 2 aromatic heterocycles. The molecule has 2 aliphatic heterocycles. The van der Waals surface area contributed by atoms with Gasteiger partial charge in [-0.2, -0.15) is 0 Å². The van der Waals surface area contributed by atoms with Crippen LogP contribution < -0.4 is 20.1 Å². The summed E-state index contributed by atoms with van der Waals surface area (Å²) in [6.45, 7) is 4.41. The van der Waals surface area contributed by atoms with E-state index >= 15 is 0 Å². The van der Waals surface area contributed by atoms with Crippen molar-refractivity contribution in [3.8, 4) is 11.5 Å². The fourth-order valence-corrected chi connectivity index (χ4v) is 6.86. The minimum atomic E-state index is -0.516. The molecule has 0 spiro atoms. The lowest BCUT2D eigenvalue weighted by molar-refractivity contribution is -0.119. The summed E-state index contributed by atoms with van der Waals surface area (Å²) >= 11 is 2.07. The second-order valence-corrected chi connectivity index (χ2v) is 14.5. The van der Waals surface area contributed by atoms with Crippen molar-refractivity contribution in [2.75, 3.05) is 13.2 Å². The summed E-state index contributed by atoms with van der Waals surface area (Å²) in [6.07, 6.45) is 4.69. The van der Waals surface area contributed by atoms with Crippen LogP contribution in [0.5, 0.6) is 11.5 Å². The highest BCUT2D eigenvalue weighted by Crippen LogP contribution is 2.25. The average molecular weight is 745 g/mol. The van der Waals surface area contributed by atoms with Crippen molar-refractivity contribution in [2.45, 2.75) is 62.2 Å². The van der Waals surface area contributed by atoms with Crippen molar-refractivity contribution in [3.63, 3.8) is 0 Å². The Morgan fingerprint density at radius 3 is 1.29 bits per heavy atom. The summed E-state index contributed by atoms with van der Waals surface area (Å²) in [4.78, 5) is 54.2. The summed E-state index contributed by atoms with van der Waals surface area (Å²) in [5, 5.41) is 22.3. The Balaban J connectivity index is 0.000000201. The van der Waals surface area contributed by atoms with Gasteiger partial charge in [0.15, 0.2) is 0 Å². The highest BCUT2D eigenvalue weighted by Gasteiger charge is 2.32. The van der Waals surface area contributed by atoms with Crippen LogP contribution in [0.2, 0.25) is 0 Å². The molecule has 0 saturated carbocycles. The van der Waals surface area contributed by atoms with Gasteiger partial charge in [0.25, 0.3) is 10.5 Å². The predicted molar refractivity (Wildman–Crippen MR) is 198 cm³/mol. The molecule has 4 heterocycles. The molecule has 52 heavy (non-hydrogen) atoms. The van der Waals surface area contributed by atoms with Gasteiger partial charge in [-0.1, -0.05) is 59.9 Å². The third-order valence-electron chi connectivity index (χ3n) is 8.14. The van der Waals surface area contributed by atoms with Gasteiger partial charge in [-0.05, 0) is 85.3 Å². The van der Waals surface area contributed by atoms with E-state index in [1.807, 2.05) is 72.8 Å². The maximum atomic E-state index is 11.6. The zero-order chi connectivity index (χ0) is 37.0. The van der Waals surface area contributed by atoms with Gasteiger partial charge in [-0.3, -0.25) is 39.8 Å². The van der Waals surface area contributed by atoms with Crippen molar-refractivity contribution < 1.29 is 38.9 Å². The molecule has 2 aromatic carbocycles. The minimum absolute atomic E-state index is 0.227. The van der Waals surface area contributed by atoms with Crippen LogP contribution in [-0.2, 0) is 35.3 Å². The Kier molecular flexibility index (Phi) is 13.8. The molecule has 4 aromatic rings. The number of nitrogens with one attached hydrogen (secondary N) is 2. The molecular weight excluding hydrogens is 705 g/mol. The number of aromatic nitrogens is 2. The van der Waals surface area contributed by atoms with Crippen molar-refractivity contribution in [2.24, 2.45) is 0 Å². The first-order valence-corrected chi connectivity index (χ1v) is 18.5. The molecule has 0 radical (unpaired) electrons. The van der Waals surface area contributed by atoms with Crippen molar-refractivity contribution >= 4 is 45.8 Å². The molecule has 4 N–H and O–H groups in total. The van der Waals surface area contributed by atoms with Crippen LogP contribution in [0.15, 0.2) is 85.2 Å². The second-order valence-electron chi connectivity index (χ2n) is 12.2. The Bertz CT molecular complexity index is 1690. The summed E-state index contributed by atoms with van der Waals surface area (Å²) in [7, 11) is 0. The van der Waals surface area contributed by atoms with Gasteiger partial charge >= 0.3 is 0 Å². The van der Waals surface area contributed by atoms with E-state index in [9.17, 15) is 29.4 Å². The molecule has 6 rings (SSSR count). The zero-order valence-electron chi connectivity index (χ0n) is 28.7. The van der Waals surface area contributed by atoms with Gasteiger partial charge in [0.1, 0.15) is 11.5 Å². The van der Waals surface area contributed by atoms with Crippen LogP contribution in [0.3, 0.4) is 0 Å². The highest BCUT2D eigenvalue weighted by atomic mass is 32.2. The Labute approximate surface area is 310 Å². The number of rotatable bonds is 14. The SMILES string of the molecule is CC(O)c1ccc(CCOc2ccc(CC3SC(=O)NC3=O)cc2)nc1.CC(O)c1ccc(CCOc2ccc(CC3SC(=O)NC3=O)cc2)nc1. The summed E-state index contributed by atoms with van der Waals surface area (Å²) < 4.78 is 11.4. The van der Waals surface area contributed by atoms with Crippen LogP contribution >= 0.6 is 23.5 Å². The predicted octanol–water partition coefficient (Wildman–Crippen LogP) is 5.30. The Morgan fingerprint density at radius 1 is 0.615 bits per heavy atom. The second kappa shape index (κ2) is 18.6. The molecule has 2 aliphatic rings. The van der Waals surface area contributed by atoms with E-state index in [1.54, 1.807) is 26.2 Å². The van der Waals surface area contributed by atoms with Gasteiger partial charge in [0.05, 0.1) is 35.9 Å².